The summed E-state index contributed by atoms with van der Waals surface area (Å²) in [6.45, 7) is 0. The number of benzene rings is 2. The third-order valence-corrected chi connectivity index (χ3v) is 4.36. The number of fused-ring (bicyclic) bond motifs is 1. The Morgan fingerprint density at radius 2 is 1.78 bits per heavy atom. The van der Waals surface area contributed by atoms with E-state index in [0.29, 0.717) is 17.0 Å². The summed E-state index contributed by atoms with van der Waals surface area (Å²) in [6, 6.07) is 7.53. The van der Waals surface area contributed by atoms with Gasteiger partial charge in [-0.3, -0.25) is 4.98 Å². The topological polar surface area (TPSA) is 63.6 Å². The lowest BCUT2D eigenvalue weighted by Gasteiger charge is -2.12. The van der Waals surface area contributed by atoms with Gasteiger partial charge in [0.15, 0.2) is 5.82 Å². The molecule has 0 fully saturated rings. The van der Waals surface area contributed by atoms with E-state index < -0.39 is 11.6 Å². The van der Waals surface area contributed by atoms with Crippen LogP contribution < -0.4 is 5.32 Å². The zero-order chi connectivity index (χ0) is 19.0. The summed E-state index contributed by atoms with van der Waals surface area (Å²) in [7, 11) is 1.62. The molecule has 5 nitrogen and oxygen atoms in total. The molecular formula is C19H12ClF2N5. The molecule has 0 unspecified atom stereocenters. The lowest BCUT2D eigenvalue weighted by Crippen LogP contribution is -2.02. The van der Waals surface area contributed by atoms with Crippen molar-refractivity contribution in [2.45, 2.75) is 0 Å². The molecule has 0 radical (unpaired) electrons. The van der Waals surface area contributed by atoms with Crippen LogP contribution in [0.4, 0.5) is 14.6 Å². The maximum atomic E-state index is 15.3. The number of hydrogen-bond acceptors (Lipinski definition) is 5. The minimum Gasteiger partial charge on any atom is -0.372 e. The Morgan fingerprint density at radius 1 is 0.963 bits per heavy atom. The molecule has 0 saturated carbocycles. The van der Waals surface area contributed by atoms with E-state index in [1.54, 1.807) is 19.2 Å². The summed E-state index contributed by atoms with van der Waals surface area (Å²) in [5, 5.41) is 2.95. The maximum absolute atomic E-state index is 15.3. The van der Waals surface area contributed by atoms with E-state index in [0.717, 1.165) is 0 Å². The minimum atomic E-state index is -0.680. The van der Waals surface area contributed by atoms with Gasteiger partial charge in [-0.1, -0.05) is 23.7 Å². The van der Waals surface area contributed by atoms with Crippen LogP contribution in [0.5, 0.6) is 0 Å². The van der Waals surface area contributed by atoms with Gasteiger partial charge in [0.25, 0.3) is 0 Å². The summed E-state index contributed by atoms with van der Waals surface area (Å²) in [5.74, 6) is -0.743. The van der Waals surface area contributed by atoms with Crippen LogP contribution in [0.1, 0.15) is 0 Å². The van der Waals surface area contributed by atoms with Crippen molar-refractivity contribution in [1.29, 1.82) is 0 Å². The molecule has 8 heteroatoms. The van der Waals surface area contributed by atoms with Gasteiger partial charge >= 0.3 is 0 Å². The predicted molar refractivity (Wildman–Crippen MR) is 100 cm³/mol. The third kappa shape index (κ3) is 2.96. The number of nitrogens with one attached hydrogen (secondary N) is 1. The highest BCUT2D eigenvalue weighted by molar-refractivity contribution is 6.31. The molecule has 2 heterocycles. The van der Waals surface area contributed by atoms with Gasteiger partial charge in [-0.2, -0.15) is 0 Å². The van der Waals surface area contributed by atoms with E-state index >= 15 is 4.39 Å². The quantitative estimate of drug-likeness (QED) is 0.554. The Labute approximate surface area is 158 Å². The molecule has 4 rings (SSSR count). The Hall–Kier alpha value is -3.19. The zero-order valence-electron chi connectivity index (χ0n) is 14.0. The summed E-state index contributed by atoms with van der Waals surface area (Å²) in [6.07, 6.45) is 4.58. The van der Waals surface area contributed by atoms with Gasteiger partial charge in [0.05, 0.1) is 22.1 Å². The van der Waals surface area contributed by atoms with Gasteiger partial charge in [-0.25, -0.2) is 23.7 Å². The number of aromatic nitrogens is 4. The average Bonchev–Trinajstić information content (AvgIpc) is 2.70. The maximum Gasteiger partial charge on any atom is 0.182 e. The molecule has 0 amide bonds. The highest BCUT2D eigenvalue weighted by Gasteiger charge is 2.19. The van der Waals surface area contributed by atoms with Crippen LogP contribution in [0.2, 0.25) is 5.02 Å². The van der Waals surface area contributed by atoms with Crippen LogP contribution in [-0.4, -0.2) is 27.0 Å². The molecule has 27 heavy (non-hydrogen) atoms. The van der Waals surface area contributed by atoms with E-state index in [1.165, 1.54) is 36.8 Å². The largest absolute Gasteiger partial charge is 0.372 e. The number of hydrogen-bond donors (Lipinski definition) is 1. The van der Waals surface area contributed by atoms with E-state index in [4.69, 9.17) is 11.6 Å². The second kappa shape index (κ2) is 6.85. The minimum absolute atomic E-state index is 0.0713. The fourth-order valence-corrected chi connectivity index (χ4v) is 2.99. The van der Waals surface area contributed by atoms with E-state index in [1.807, 2.05) is 0 Å². The van der Waals surface area contributed by atoms with Gasteiger partial charge in [-0.15, -0.1) is 0 Å². The predicted octanol–water partition coefficient (Wildman–Crippen LogP) is 4.73. The first kappa shape index (κ1) is 17.2. The van der Waals surface area contributed by atoms with E-state index in [2.05, 4.69) is 25.3 Å². The summed E-state index contributed by atoms with van der Waals surface area (Å²) in [4.78, 5) is 16.9. The average molecular weight is 384 g/mol. The lowest BCUT2D eigenvalue weighted by molar-refractivity contribution is 0.621. The van der Waals surface area contributed by atoms with Gasteiger partial charge in [-0.05, 0) is 18.2 Å². The Kier molecular flexibility index (Phi) is 4.37. The molecule has 0 spiro atoms. The van der Waals surface area contributed by atoms with Gasteiger partial charge in [0, 0.05) is 30.6 Å². The van der Waals surface area contributed by atoms with Crippen LogP contribution in [0.15, 0.2) is 48.9 Å². The van der Waals surface area contributed by atoms with Crippen molar-refractivity contribution >= 4 is 28.3 Å². The molecule has 1 N–H and O–H groups in total. The van der Waals surface area contributed by atoms with Crippen molar-refractivity contribution in [3.63, 3.8) is 0 Å². The molecule has 2 aromatic heterocycles. The van der Waals surface area contributed by atoms with E-state index in [-0.39, 0.29) is 27.4 Å². The van der Waals surface area contributed by atoms with Crippen molar-refractivity contribution in [3.05, 3.63) is 65.6 Å². The molecule has 0 saturated heterocycles. The van der Waals surface area contributed by atoms with Crippen LogP contribution in [-0.2, 0) is 0 Å². The molecule has 0 atom stereocenters. The first-order chi connectivity index (χ1) is 13.1. The molecule has 4 aromatic rings. The zero-order valence-corrected chi connectivity index (χ0v) is 14.8. The summed E-state index contributed by atoms with van der Waals surface area (Å²) >= 11 is 5.83. The molecule has 0 bridgehead atoms. The van der Waals surface area contributed by atoms with Crippen LogP contribution in [0, 0.1) is 11.6 Å². The Balaban J connectivity index is 1.97. The van der Waals surface area contributed by atoms with Crippen LogP contribution in [0.3, 0.4) is 0 Å². The first-order valence-corrected chi connectivity index (χ1v) is 8.36. The summed E-state index contributed by atoms with van der Waals surface area (Å²) < 4.78 is 29.7. The van der Waals surface area contributed by atoms with Crippen molar-refractivity contribution in [2.75, 3.05) is 12.4 Å². The van der Waals surface area contributed by atoms with Crippen LogP contribution in [0.25, 0.3) is 33.5 Å². The molecule has 0 aliphatic rings. The van der Waals surface area contributed by atoms with Gasteiger partial charge in [0.2, 0.25) is 0 Å². The smallest absolute Gasteiger partial charge is 0.182 e. The Morgan fingerprint density at radius 3 is 2.52 bits per heavy atom. The fraction of sp³-hybridized carbons (Fsp3) is 0.0526. The van der Waals surface area contributed by atoms with Crippen LogP contribution >= 0.6 is 11.6 Å². The second-order valence-corrected chi connectivity index (χ2v) is 6.07. The number of anilines is 1. The van der Waals surface area contributed by atoms with Crippen molar-refractivity contribution in [2.24, 2.45) is 0 Å². The molecule has 0 aliphatic carbocycles. The van der Waals surface area contributed by atoms with E-state index in [9.17, 15) is 4.39 Å². The van der Waals surface area contributed by atoms with Gasteiger partial charge in [0.1, 0.15) is 23.1 Å². The molecule has 0 aliphatic heterocycles. The number of nitrogens with zero attached hydrogens (tertiary/aromatic N) is 4. The summed E-state index contributed by atoms with van der Waals surface area (Å²) in [5.41, 5.74) is 0.969. The normalized spacial score (nSPS) is 11.0. The lowest BCUT2D eigenvalue weighted by atomic mass is 10.0. The molecular weight excluding hydrogens is 372 g/mol. The van der Waals surface area contributed by atoms with Crippen molar-refractivity contribution in [3.8, 4) is 22.6 Å². The standard InChI is InChI=1S/C19H12ClF2N5/c1-23-19-15-13(26-18(27-19)14-9-24-7-8-25-14)6-5-11(17(15)22)10-3-2-4-12(20)16(10)21/h2-9H,1H3,(H,23,26,27). The molecule has 2 aromatic carbocycles. The highest BCUT2D eigenvalue weighted by Crippen LogP contribution is 2.35. The van der Waals surface area contributed by atoms with Gasteiger partial charge < -0.3 is 5.32 Å². The monoisotopic (exact) mass is 383 g/mol. The first-order valence-electron chi connectivity index (χ1n) is 7.99. The SMILES string of the molecule is CNc1nc(-c2cnccn2)nc2ccc(-c3cccc(Cl)c3F)c(F)c12. The van der Waals surface area contributed by atoms with Crippen molar-refractivity contribution in [1.82, 2.24) is 19.9 Å². The molecule has 134 valence electrons. The fourth-order valence-electron chi connectivity index (χ4n) is 2.82. The van der Waals surface area contributed by atoms with Crippen molar-refractivity contribution < 1.29 is 8.78 Å². The number of halogens is 3. The number of rotatable bonds is 3. The highest BCUT2D eigenvalue weighted by atomic mass is 35.5. The third-order valence-electron chi connectivity index (χ3n) is 4.07. The second-order valence-electron chi connectivity index (χ2n) is 5.66. The Bertz CT molecular complexity index is 1150.